The van der Waals surface area contributed by atoms with E-state index in [1.54, 1.807) is 4.90 Å². The lowest BCUT2D eigenvalue weighted by atomic mass is 9.87. The van der Waals surface area contributed by atoms with Crippen molar-refractivity contribution in [3.8, 4) is 0 Å². The number of nitrogens with zero attached hydrogens (tertiary/aromatic N) is 3. The normalized spacial score (nSPS) is 27.4. The van der Waals surface area contributed by atoms with Gasteiger partial charge in [0.1, 0.15) is 0 Å². The smallest absolute Gasteiger partial charge is 0.236 e. The van der Waals surface area contributed by atoms with Crippen molar-refractivity contribution in [1.29, 1.82) is 0 Å². The van der Waals surface area contributed by atoms with Gasteiger partial charge in [-0.3, -0.25) is 14.5 Å². The van der Waals surface area contributed by atoms with Crippen LogP contribution in [-0.2, 0) is 9.59 Å². The average molecular weight is 398 g/mol. The van der Waals surface area contributed by atoms with E-state index >= 15 is 0 Å². The third kappa shape index (κ3) is 4.20. The highest BCUT2D eigenvalue weighted by Crippen LogP contribution is 2.46. The molecule has 0 spiro atoms. The molecule has 1 aromatic rings. The first-order valence-electron chi connectivity index (χ1n) is 11.2. The molecule has 1 aliphatic carbocycles. The van der Waals surface area contributed by atoms with Crippen LogP contribution in [0.25, 0.3) is 0 Å². The molecule has 5 nitrogen and oxygen atoms in total. The number of benzene rings is 1. The molecule has 0 aromatic heterocycles. The molecule has 0 unspecified atom stereocenters. The van der Waals surface area contributed by atoms with Gasteiger partial charge < -0.3 is 9.80 Å². The first kappa shape index (κ1) is 20.4. The minimum Gasteiger partial charge on any atom is -0.348 e. The van der Waals surface area contributed by atoms with Gasteiger partial charge in [0.05, 0.1) is 12.6 Å². The van der Waals surface area contributed by atoms with Crippen LogP contribution >= 0.6 is 0 Å². The first-order chi connectivity index (χ1) is 13.9. The Morgan fingerprint density at radius 3 is 2.48 bits per heavy atom. The molecule has 2 saturated heterocycles. The number of carbonyl (C=O) groups excluding carboxylic acids is 2. The molecule has 3 aliphatic rings. The summed E-state index contributed by atoms with van der Waals surface area (Å²) in [6, 6.07) is 8.68. The second kappa shape index (κ2) is 8.47. The Bertz CT molecular complexity index is 756. The molecule has 0 N–H and O–H groups in total. The van der Waals surface area contributed by atoms with Crippen LogP contribution in [0.15, 0.2) is 24.3 Å². The molecule has 4 rings (SSSR count). The Morgan fingerprint density at radius 1 is 1.07 bits per heavy atom. The monoisotopic (exact) mass is 397 g/mol. The quantitative estimate of drug-likeness (QED) is 0.767. The van der Waals surface area contributed by atoms with E-state index in [9.17, 15) is 9.59 Å². The van der Waals surface area contributed by atoms with Gasteiger partial charge in [-0.2, -0.15) is 0 Å². The van der Waals surface area contributed by atoms with Crippen LogP contribution in [0.2, 0.25) is 0 Å². The molecule has 2 aliphatic heterocycles. The van der Waals surface area contributed by atoms with Gasteiger partial charge in [0, 0.05) is 46.1 Å². The summed E-state index contributed by atoms with van der Waals surface area (Å²) >= 11 is 0. The maximum atomic E-state index is 13.3. The van der Waals surface area contributed by atoms with Gasteiger partial charge >= 0.3 is 0 Å². The second-order valence-electron chi connectivity index (χ2n) is 9.61. The van der Waals surface area contributed by atoms with Crippen molar-refractivity contribution >= 4 is 11.8 Å². The number of aryl methyl sites for hydroxylation is 1. The number of hydrogen-bond donors (Lipinski definition) is 0. The van der Waals surface area contributed by atoms with Crippen LogP contribution in [0, 0.1) is 24.7 Å². The maximum absolute atomic E-state index is 13.3. The van der Waals surface area contributed by atoms with E-state index in [4.69, 9.17) is 0 Å². The Balaban J connectivity index is 1.54. The fourth-order valence-corrected chi connectivity index (χ4v) is 5.75. The van der Waals surface area contributed by atoms with Crippen LogP contribution in [0.5, 0.6) is 0 Å². The van der Waals surface area contributed by atoms with E-state index in [1.165, 1.54) is 36.8 Å². The van der Waals surface area contributed by atoms with Crippen molar-refractivity contribution in [2.45, 2.75) is 45.1 Å². The van der Waals surface area contributed by atoms with E-state index in [1.807, 2.05) is 14.1 Å². The van der Waals surface area contributed by atoms with Gasteiger partial charge in [0.25, 0.3) is 0 Å². The fraction of sp³-hybridized carbons (Fsp3) is 0.667. The lowest BCUT2D eigenvalue weighted by Gasteiger charge is -2.31. The summed E-state index contributed by atoms with van der Waals surface area (Å²) in [7, 11) is 3.64. The summed E-state index contributed by atoms with van der Waals surface area (Å²) in [4.78, 5) is 31.7. The summed E-state index contributed by atoms with van der Waals surface area (Å²) < 4.78 is 0. The number of carbonyl (C=O) groups is 2. The van der Waals surface area contributed by atoms with E-state index in [-0.39, 0.29) is 11.9 Å². The molecule has 2 amide bonds. The maximum Gasteiger partial charge on any atom is 0.236 e. The molecule has 3 fully saturated rings. The SMILES string of the molecule is Cc1ccccc1[C@@H]1[C@H]2CN(CC(=O)N(C)C)C[C@H]2CN1C(=O)CC1CCCC1. The van der Waals surface area contributed by atoms with Crippen LogP contribution in [0.3, 0.4) is 0 Å². The lowest BCUT2D eigenvalue weighted by Crippen LogP contribution is -2.39. The van der Waals surface area contributed by atoms with Crippen molar-refractivity contribution in [3.63, 3.8) is 0 Å². The Morgan fingerprint density at radius 2 is 1.79 bits per heavy atom. The Labute approximate surface area is 175 Å². The minimum atomic E-state index is 0.148. The molecule has 29 heavy (non-hydrogen) atoms. The minimum absolute atomic E-state index is 0.148. The van der Waals surface area contributed by atoms with Crippen LogP contribution in [-0.4, -0.2) is 66.8 Å². The fourth-order valence-electron chi connectivity index (χ4n) is 5.75. The zero-order valence-electron chi connectivity index (χ0n) is 18.1. The number of fused-ring (bicyclic) bond motifs is 1. The summed E-state index contributed by atoms with van der Waals surface area (Å²) in [5, 5.41) is 0. The van der Waals surface area contributed by atoms with Crippen molar-refractivity contribution in [2.24, 2.45) is 17.8 Å². The van der Waals surface area contributed by atoms with Gasteiger partial charge in [-0.15, -0.1) is 0 Å². The van der Waals surface area contributed by atoms with Gasteiger partial charge in [-0.1, -0.05) is 37.1 Å². The van der Waals surface area contributed by atoms with Crippen LogP contribution in [0.4, 0.5) is 0 Å². The van der Waals surface area contributed by atoms with E-state index in [2.05, 4.69) is 41.0 Å². The Hall–Kier alpha value is -1.88. The highest BCUT2D eigenvalue weighted by Gasteiger charge is 2.49. The van der Waals surface area contributed by atoms with Gasteiger partial charge in [-0.25, -0.2) is 0 Å². The van der Waals surface area contributed by atoms with Gasteiger partial charge in [-0.05, 0) is 42.7 Å². The van der Waals surface area contributed by atoms with Gasteiger partial charge in [0.2, 0.25) is 11.8 Å². The number of likely N-dealkylation sites (N-methyl/N-ethyl adjacent to an activating group) is 1. The molecular formula is C24H35N3O2. The van der Waals surface area contributed by atoms with Crippen molar-refractivity contribution < 1.29 is 9.59 Å². The van der Waals surface area contributed by atoms with Crippen molar-refractivity contribution in [2.75, 3.05) is 40.3 Å². The summed E-state index contributed by atoms with van der Waals surface area (Å²) in [6.07, 6.45) is 5.69. The van der Waals surface area contributed by atoms with Crippen LogP contribution in [0.1, 0.15) is 49.3 Å². The second-order valence-corrected chi connectivity index (χ2v) is 9.61. The molecule has 1 aromatic carbocycles. The highest BCUT2D eigenvalue weighted by molar-refractivity contribution is 5.78. The average Bonchev–Trinajstić information content (AvgIpc) is 3.38. The molecule has 0 bridgehead atoms. The summed E-state index contributed by atoms with van der Waals surface area (Å²) in [6.45, 7) is 5.29. The molecule has 0 radical (unpaired) electrons. The van der Waals surface area contributed by atoms with E-state index in [0.29, 0.717) is 36.6 Å². The number of hydrogen-bond acceptors (Lipinski definition) is 3. The van der Waals surface area contributed by atoms with Gasteiger partial charge in [0.15, 0.2) is 0 Å². The zero-order chi connectivity index (χ0) is 20.5. The zero-order valence-corrected chi connectivity index (χ0v) is 18.1. The van der Waals surface area contributed by atoms with Crippen molar-refractivity contribution in [1.82, 2.24) is 14.7 Å². The molecular weight excluding hydrogens is 362 g/mol. The standard InChI is InChI=1S/C24H35N3O2/c1-17-8-4-7-11-20(17)24-21-15-26(16-23(29)25(2)3)13-19(21)14-27(24)22(28)12-18-9-5-6-10-18/h4,7-8,11,18-19,21,24H,5-6,9-10,12-16H2,1-3H3/t19-,21-,24+/m0/s1. The highest BCUT2D eigenvalue weighted by atomic mass is 16.2. The predicted octanol–water partition coefficient (Wildman–Crippen LogP) is 3.09. The number of likely N-dealkylation sites (tertiary alicyclic amines) is 2. The topological polar surface area (TPSA) is 43.9 Å². The van der Waals surface area contributed by atoms with E-state index < -0.39 is 0 Å². The largest absolute Gasteiger partial charge is 0.348 e. The number of rotatable bonds is 5. The lowest BCUT2D eigenvalue weighted by molar-refractivity contribution is -0.134. The first-order valence-corrected chi connectivity index (χ1v) is 11.2. The Kier molecular flexibility index (Phi) is 5.95. The van der Waals surface area contributed by atoms with E-state index in [0.717, 1.165) is 19.6 Å². The predicted molar refractivity (Wildman–Crippen MR) is 114 cm³/mol. The number of amides is 2. The molecule has 1 saturated carbocycles. The molecule has 3 atom stereocenters. The summed E-state index contributed by atoms with van der Waals surface area (Å²) in [5.41, 5.74) is 2.56. The van der Waals surface area contributed by atoms with Crippen LogP contribution < -0.4 is 0 Å². The molecule has 5 heteroatoms. The van der Waals surface area contributed by atoms with Crippen molar-refractivity contribution in [3.05, 3.63) is 35.4 Å². The molecule has 158 valence electrons. The third-order valence-electron chi connectivity index (χ3n) is 7.36. The summed E-state index contributed by atoms with van der Waals surface area (Å²) in [5.74, 6) is 1.96. The third-order valence-corrected chi connectivity index (χ3v) is 7.36. The molecule has 2 heterocycles.